The summed E-state index contributed by atoms with van der Waals surface area (Å²) in [5, 5.41) is 0. The van der Waals surface area contributed by atoms with Gasteiger partial charge in [-0.3, -0.25) is 19.4 Å². The van der Waals surface area contributed by atoms with Crippen LogP contribution in [0.2, 0.25) is 0 Å². The molecule has 1 aliphatic heterocycles. The lowest BCUT2D eigenvalue weighted by Gasteiger charge is -2.44. The van der Waals surface area contributed by atoms with Gasteiger partial charge >= 0.3 is 0 Å². The normalized spacial score (nSPS) is 20.9. The van der Waals surface area contributed by atoms with Crippen molar-refractivity contribution in [3.63, 3.8) is 0 Å². The molecule has 7 heteroatoms. The van der Waals surface area contributed by atoms with Crippen molar-refractivity contribution < 1.29 is 22.8 Å². The molecule has 0 spiro atoms. The molecule has 3 aromatic rings. The molecule has 0 amide bonds. The van der Waals surface area contributed by atoms with E-state index in [-0.39, 0.29) is 23.2 Å². The first-order valence-electron chi connectivity index (χ1n) is 11.6. The molecule has 0 bridgehead atoms. The quantitative estimate of drug-likeness (QED) is 0.505. The number of hydrogen-bond acceptors (Lipinski definition) is 4. The second-order valence-electron chi connectivity index (χ2n) is 9.41. The van der Waals surface area contributed by atoms with Crippen LogP contribution in [0.1, 0.15) is 43.0 Å². The Bertz CT molecular complexity index is 1330. The summed E-state index contributed by atoms with van der Waals surface area (Å²) in [6, 6.07) is 13.1. The van der Waals surface area contributed by atoms with Gasteiger partial charge in [-0.1, -0.05) is 41.5 Å². The van der Waals surface area contributed by atoms with Gasteiger partial charge in [0, 0.05) is 43.9 Å². The average molecular weight is 479 g/mol. The molecule has 1 aliphatic carbocycles. The molecular weight excluding hydrogens is 453 g/mol. The fourth-order valence-electron chi connectivity index (χ4n) is 5.49. The number of hydrogen-bond donors (Lipinski definition) is 0. The summed E-state index contributed by atoms with van der Waals surface area (Å²) in [4.78, 5) is 31.6. The number of ketones is 2. The van der Waals surface area contributed by atoms with Crippen LogP contribution in [0.15, 0.2) is 54.6 Å². The molecule has 5 rings (SSSR count). The van der Waals surface area contributed by atoms with E-state index in [0.29, 0.717) is 31.7 Å². The number of piperazine rings is 1. The molecule has 180 valence electrons. The van der Waals surface area contributed by atoms with Crippen LogP contribution in [-0.2, 0) is 12.1 Å². The van der Waals surface area contributed by atoms with Crippen LogP contribution in [0, 0.1) is 31.3 Å². The molecule has 0 aromatic heterocycles. The Balaban J connectivity index is 1.51. The van der Waals surface area contributed by atoms with E-state index in [9.17, 15) is 22.8 Å². The van der Waals surface area contributed by atoms with E-state index in [1.165, 1.54) is 24.3 Å². The first-order chi connectivity index (χ1) is 16.7. The van der Waals surface area contributed by atoms with Gasteiger partial charge in [0.2, 0.25) is 0 Å². The van der Waals surface area contributed by atoms with Gasteiger partial charge in [0.25, 0.3) is 0 Å². The van der Waals surface area contributed by atoms with E-state index in [4.69, 9.17) is 0 Å². The third-order valence-corrected chi connectivity index (χ3v) is 7.03. The number of aryl methyl sites for hydroxylation is 2. The summed E-state index contributed by atoms with van der Waals surface area (Å²) in [7, 11) is 0. The third-order valence-electron chi connectivity index (χ3n) is 7.03. The van der Waals surface area contributed by atoms with Gasteiger partial charge in [-0.15, -0.1) is 0 Å². The molecular formula is C28H25F3N2O2. The first kappa shape index (κ1) is 23.5. The molecule has 1 heterocycles. The summed E-state index contributed by atoms with van der Waals surface area (Å²) in [6.45, 7) is 5.53. The Labute approximate surface area is 202 Å². The van der Waals surface area contributed by atoms with Crippen molar-refractivity contribution in [1.29, 1.82) is 0 Å². The lowest BCUT2D eigenvalue weighted by atomic mass is 9.81. The van der Waals surface area contributed by atoms with E-state index in [2.05, 4.69) is 0 Å². The number of nitrogens with zero attached hydrogens (tertiary/aromatic N) is 2. The van der Waals surface area contributed by atoms with E-state index in [1.54, 1.807) is 0 Å². The van der Waals surface area contributed by atoms with Crippen LogP contribution >= 0.6 is 0 Å². The molecule has 0 N–H and O–H groups in total. The standard InChI is InChI=1S/C28H25F3N2O2/c1-17-12-18(2)14-20(13-17)28(26(34)22-4-3-5-24(31)25(22)27(28)35)33-10-8-32(9-11-33)16-19-15-21(29)6-7-23(19)30/h3-7,12-15H,8-11,16H2,1-2H3. The fraction of sp³-hybridized carbons (Fsp3) is 0.286. The minimum absolute atomic E-state index is 0.0958. The van der Waals surface area contributed by atoms with E-state index in [1.807, 2.05) is 41.8 Å². The predicted octanol–water partition coefficient (Wildman–Crippen LogP) is 4.81. The predicted molar refractivity (Wildman–Crippen MR) is 126 cm³/mol. The lowest BCUT2D eigenvalue weighted by Crippen LogP contribution is -2.60. The zero-order valence-electron chi connectivity index (χ0n) is 19.6. The van der Waals surface area contributed by atoms with Crippen molar-refractivity contribution >= 4 is 11.6 Å². The van der Waals surface area contributed by atoms with E-state index in [0.717, 1.165) is 23.3 Å². The van der Waals surface area contributed by atoms with Crippen molar-refractivity contribution in [3.8, 4) is 0 Å². The second-order valence-corrected chi connectivity index (χ2v) is 9.41. The van der Waals surface area contributed by atoms with Gasteiger partial charge in [0.05, 0.1) is 5.56 Å². The summed E-state index contributed by atoms with van der Waals surface area (Å²) in [6.07, 6.45) is 0. The van der Waals surface area contributed by atoms with Gasteiger partial charge in [-0.05, 0) is 43.7 Å². The molecule has 0 radical (unpaired) electrons. The van der Waals surface area contributed by atoms with Crippen molar-refractivity contribution in [2.24, 2.45) is 0 Å². The molecule has 2 aliphatic rings. The highest BCUT2D eigenvalue weighted by molar-refractivity contribution is 6.33. The number of benzene rings is 3. The topological polar surface area (TPSA) is 40.6 Å². The molecule has 1 fully saturated rings. The Morgan fingerprint density at radius 1 is 0.800 bits per heavy atom. The van der Waals surface area contributed by atoms with E-state index >= 15 is 0 Å². The van der Waals surface area contributed by atoms with Crippen LogP contribution in [0.4, 0.5) is 13.2 Å². The Morgan fingerprint density at radius 3 is 2.14 bits per heavy atom. The van der Waals surface area contributed by atoms with Crippen LogP contribution in [0.25, 0.3) is 0 Å². The number of halogens is 3. The highest BCUT2D eigenvalue weighted by Crippen LogP contribution is 2.44. The Morgan fingerprint density at radius 2 is 1.49 bits per heavy atom. The smallest absolute Gasteiger partial charge is 0.199 e. The summed E-state index contributed by atoms with van der Waals surface area (Å²) in [5.41, 5.74) is 0.861. The molecule has 35 heavy (non-hydrogen) atoms. The number of fused-ring (bicyclic) bond motifs is 1. The van der Waals surface area contributed by atoms with E-state index < -0.39 is 34.6 Å². The van der Waals surface area contributed by atoms with Crippen LogP contribution in [0.5, 0.6) is 0 Å². The van der Waals surface area contributed by atoms with Gasteiger partial charge in [0.15, 0.2) is 17.1 Å². The van der Waals surface area contributed by atoms with Crippen LogP contribution < -0.4 is 0 Å². The van der Waals surface area contributed by atoms with Gasteiger partial charge < -0.3 is 0 Å². The Hall–Kier alpha value is -3.29. The average Bonchev–Trinajstić information content (AvgIpc) is 3.05. The van der Waals surface area contributed by atoms with Crippen molar-refractivity contribution in [1.82, 2.24) is 9.80 Å². The summed E-state index contributed by atoms with van der Waals surface area (Å²) < 4.78 is 42.6. The third kappa shape index (κ3) is 3.79. The van der Waals surface area contributed by atoms with Crippen LogP contribution in [0.3, 0.4) is 0 Å². The van der Waals surface area contributed by atoms with Gasteiger partial charge in [0.1, 0.15) is 17.5 Å². The minimum atomic E-state index is -1.66. The van der Waals surface area contributed by atoms with Gasteiger partial charge in [-0.2, -0.15) is 0 Å². The molecule has 3 aromatic carbocycles. The molecule has 1 atom stereocenters. The maximum atomic E-state index is 14.8. The largest absolute Gasteiger partial charge is 0.296 e. The molecule has 1 unspecified atom stereocenters. The van der Waals surface area contributed by atoms with Gasteiger partial charge in [-0.25, -0.2) is 13.2 Å². The fourth-order valence-corrected chi connectivity index (χ4v) is 5.49. The highest BCUT2D eigenvalue weighted by Gasteiger charge is 2.59. The number of carbonyl (C=O) groups is 2. The lowest BCUT2D eigenvalue weighted by molar-refractivity contribution is 0.0276. The maximum Gasteiger partial charge on any atom is 0.199 e. The first-order valence-corrected chi connectivity index (χ1v) is 11.6. The summed E-state index contributed by atoms with van der Waals surface area (Å²) in [5.74, 6) is -2.66. The minimum Gasteiger partial charge on any atom is -0.296 e. The zero-order chi connectivity index (χ0) is 24.9. The monoisotopic (exact) mass is 478 g/mol. The molecule has 1 saturated heterocycles. The molecule has 4 nitrogen and oxygen atoms in total. The second kappa shape index (κ2) is 8.73. The SMILES string of the molecule is Cc1cc(C)cc(C2(N3CCN(Cc4cc(F)ccc4F)CC3)C(=O)c3cccc(F)c3C2=O)c1. The highest BCUT2D eigenvalue weighted by atomic mass is 19.1. The van der Waals surface area contributed by atoms with Crippen molar-refractivity contribution in [3.05, 3.63) is 105 Å². The number of carbonyl (C=O) groups excluding carboxylic acids is 2. The molecule has 0 saturated carbocycles. The Kier molecular flexibility index (Phi) is 5.85. The maximum absolute atomic E-state index is 14.8. The number of rotatable bonds is 4. The zero-order valence-corrected chi connectivity index (χ0v) is 19.6. The summed E-state index contributed by atoms with van der Waals surface area (Å²) >= 11 is 0. The van der Waals surface area contributed by atoms with Crippen molar-refractivity contribution in [2.75, 3.05) is 26.2 Å². The van der Waals surface area contributed by atoms with Crippen molar-refractivity contribution in [2.45, 2.75) is 25.9 Å². The van der Waals surface area contributed by atoms with Crippen LogP contribution in [-0.4, -0.2) is 47.5 Å². The number of Topliss-reactive ketones (excluding diaryl/α,β-unsaturated/α-hetero) is 2.